The second-order valence-electron chi connectivity index (χ2n) is 2.39. The van der Waals surface area contributed by atoms with Gasteiger partial charge in [-0.05, 0) is 6.92 Å². The minimum atomic E-state index is -0.560. The van der Waals surface area contributed by atoms with Crippen LogP contribution in [-0.4, -0.2) is 10.0 Å². The van der Waals surface area contributed by atoms with Gasteiger partial charge in [-0.1, -0.05) is 4.85 Å². The van der Waals surface area contributed by atoms with Gasteiger partial charge < -0.3 is 5.21 Å². The summed E-state index contributed by atoms with van der Waals surface area (Å²) in [6.07, 6.45) is 0. The molecule has 1 aromatic heterocycles. The first-order valence-corrected chi connectivity index (χ1v) is 3.25. The number of rotatable bonds is 1. The third-order valence-electron chi connectivity index (χ3n) is 1.46. The van der Waals surface area contributed by atoms with Crippen LogP contribution >= 0.6 is 0 Å². The molecule has 0 unspecified atom stereocenters. The number of aryl methyl sites for hydroxylation is 2. The van der Waals surface area contributed by atoms with E-state index in [1.165, 1.54) is 19.9 Å². The maximum Gasteiger partial charge on any atom is 0.302 e. The van der Waals surface area contributed by atoms with E-state index in [0.29, 0.717) is 4.85 Å². The summed E-state index contributed by atoms with van der Waals surface area (Å²) in [5.41, 5.74) is 0.215. The molecule has 0 aromatic carbocycles. The number of aromatic nitrogens is 2. The van der Waals surface area contributed by atoms with Gasteiger partial charge in [0, 0.05) is 12.0 Å². The molecule has 0 saturated carbocycles. The second-order valence-corrected chi connectivity index (χ2v) is 2.39. The molecule has 64 valence electrons. The lowest BCUT2D eigenvalue weighted by molar-refractivity contribution is -0.676. The van der Waals surface area contributed by atoms with Gasteiger partial charge in [0.15, 0.2) is 5.69 Å². The fourth-order valence-corrected chi connectivity index (χ4v) is 0.809. The van der Waals surface area contributed by atoms with E-state index in [2.05, 4.69) is 5.10 Å². The zero-order chi connectivity index (χ0) is 9.30. The lowest BCUT2D eigenvalue weighted by Gasteiger charge is -1.98. The highest BCUT2D eigenvalue weighted by Crippen LogP contribution is 2.13. The molecule has 0 amide bonds. The maximum atomic E-state index is 10.8. The molecule has 0 saturated heterocycles. The zero-order valence-electron chi connectivity index (χ0n) is 6.64. The minimum absolute atomic E-state index is 0.125. The van der Waals surface area contributed by atoms with Crippen molar-refractivity contribution >= 4 is 5.69 Å². The molecule has 1 heterocycles. The largest absolute Gasteiger partial charge is 0.594 e. The van der Waals surface area contributed by atoms with Crippen molar-refractivity contribution in [3.8, 4) is 0 Å². The SMILES string of the molecule is Cc1n[n+]([O-])c(C)cc1[N+](=O)[O-]. The summed E-state index contributed by atoms with van der Waals surface area (Å²) in [7, 11) is 0. The zero-order valence-corrected chi connectivity index (χ0v) is 6.64. The molecular weight excluding hydrogens is 162 g/mol. The third kappa shape index (κ3) is 1.31. The van der Waals surface area contributed by atoms with Gasteiger partial charge in [-0.2, -0.15) is 0 Å². The van der Waals surface area contributed by atoms with Gasteiger partial charge in [0.05, 0.1) is 11.0 Å². The van der Waals surface area contributed by atoms with Crippen LogP contribution in [0.5, 0.6) is 0 Å². The highest BCUT2D eigenvalue weighted by Gasteiger charge is 2.17. The number of hydrogen-bond acceptors (Lipinski definition) is 4. The van der Waals surface area contributed by atoms with Crippen molar-refractivity contribution in [2.24, 2.45) is 0 Å². The Hall–Kier alpha value is -1.72. The van der Waals surface area contributed by atoms with Crippen molar-refractivity contribution in [2.75, 3.05) is 0 Å². The molecule has 1 aromatic rings. The Labute approximate surface area is 68.2 Å². The Morgan fingerprint density at radius 3 is 2.67 bits per heavy atom. The first-order chi connectivity index (χ1) is 5.52. The summed E-state index contributed by atoms with van der Waals surface area (Å²) in [4.78, 5) is 10.1. The molecular formula is C6H7N3O3. The topological polar surface area (TPSA) is 83.0 Å². The van der Waals surface area contributed by atoms with Gasteiger partial charge in [-0.3, -0.25) is 10.1 Å². The first kappa shape index (κ1) is 8.38. The quantitative estimate of drug-likeness (QED) is 0.261. The van der Waals surface area contributed by atoms with Crippen LogP contribution in [0.3, 0.4) is 0 Å². The van der Waals surface area contributed by atoms with Crippen LogP contribution in [0.15, 0.2) is 6.07 Å². The van der Waals surface area contributed by atoms with E-state index < -0.39 is 4.92 Å². The van der Waals surface area contributed by atoms with Crippen molar-refractivity contribution in [3.05, 3.63) is 32.8 Å². The van der Waals surface area contributed by atoms with Gasteiger partial charge in [0.25, 0.3) is 0 Å². The minimum Gasteiger partial charge on any atom is -0.594 e. The van der Waals surface area contributed by atoms with Crippen LogP contribution in [0.1, 0.15) is 11.4 Å². The Morgan fingerprint density at radius 1 is 1.58 bits per heavy atom. The van der Waals surface area contributed by atoms with E-state index in [1.807, 2.05) is 0 Å². The molecule has 0 aliphatic rings. The summed E-state index contributed by atoms with van der Waals surface area (Å²) >= 11 is 0. The fraction of sp³-hybridized carbons (Fsp3) is 0.333. The van der Waals surface area contributed by atoms with E-state index in [-0.39, 0.29) is 17.1 Å². The number of nitrogens with zero attached hydrogens (tertiary/aromatic N) is 3. The molecule has 0 spiro atoms. The van der Waals surface area contributed by atoms with E-state index in [0.717, 1.165) is 0 Å². The molecule has 0 aliphatic heterocycles. The van der Waals surface area contributed by atoms with Crippen LogP contribution in [-0.2, 0) is 0 Å². The average molecular weight is 169 g/mol. The van der Waals surface area contributed by atoms with E-state index in [1.54, 1.807) is 0 Å². The van der Waals surface area contributed by atoms with Crippen LogP contribution in [0.25, 0.3) is 0 Å². The van der Waals surface area contributed by atoms with Crippen molar-refractivity contribution < 1.29 is 9.77 Å². The molecule has 0 fully saturated rings. The van der Waals surface area contributed by atoms with Crippen LogP contribution < -0.4 is 4.85 Å². The molecule has 0 aliphatic carbocycles. The maximum absolute atomic E-state index is 10.8. The summed E-state index contributed by atoms with van der Waals surface area (Å²) in [6.45, 7) is 2.89. The predicted molar refractivity (Wildman–Crippen MR) is 39.3 cm³/mol. The Morgan fingerprint density at radius 2 is 2.17 bits per heavy atom. The van der Waals surface area contributed by atoms with Crippen LogP contribution in [0, 0.1) is 29.2 Å². The van der Waals surface area contributed by atoms with Gasteiger partial charge in [0.1, 0.15) is 0 Å². The molecule has 6 heteroatoms. The normalized spacial score (nSPS) is 9.83. The van der Waals surface area contributed by atoms with Gasteiger partial charge in [-0.15, -0.1) is 0 Å². The monoisotopic (exact) mass is 169 g/mol. The summed E-state index contributed by atoms with van der Waals surface area (Å²) < 4.78 is 0. The number of nitro groups is 1. The molecule has 12 heavy (non-hydrogen) atoms. The fourth-order valence-electron chi connectivity index (χ4n) is 0.809. The molecule has 0 atom stereocenters. The highest BCUT2D eigenvalue weighted by molar-refractivity contribution is 5.32. The smallest absolute Gasteiger partial charge is 0.302 e. The van der Waals surface area contributed by atoms with Gasteiger partial charge >= 0.3 is 5.69 Å². The molecule has 0 bridgehead atoms. The van der Waals surface area contributed by atoms with E-state index in [9.17, 15) is 15.3 Å². The molecule has 6 nitrogen and oxygen atoms in total. The average Bonchev–Trinajstić information content (AvgIpc) is 1.96. The van der Waals surface area contributed by atoms with Crippen LogP contribution in [0.4, 0.5) is 5.69 Å². The lowest BCUT2D eigenvalue weighted by atomic mass is 10.3. The molecule has 0 N–H and O–H groups in total. The molecule has 1 rings (SSSR count). The van der Waals surface area contributed by atoms with Crippen molar-refractivity contribution in [3.63, 3.8) is 0 Å². The Bertz CT molecular complexity index is 337. The summed E-state index contributed by atoms with van der Waals surface area (Å²) in [6, 6.07) is 1.20. The van der Waals surface area contributed by atoms with Crippen molar-refractivity contribution in [1.82, 2.24) is 5.10 Å². The van der Waals surface area contributed by atoms with E-state index in [4.69, 9.17) is 0 Å². The molecule has 0 radical (unpaired) electrons. The first-order valence-electron chi connectivity index (χ1n) is 3.25. The second kappa shape index (κ2) is 2.72. The number of hydrogen-bond donors (Lipinski definition) is 0. The Kier molecular flexibility index (Phi) is 1.90. The highest BCUT2D eigenvalue weighted by atomic mass is 16.6. The summed E-state index contributed by atoms with van der Waals surface area (Å²) in [5.74, 6) is 0. The predicted octanol–water partition coefficient (Wildman–Crippen LogP) is 0.240. The van der Waals surface area contributed by atoms with Crippen molar-refractivity contribution in [1.29, 1.82) is 0 Å². The third-order valence-corrected chi connectivity index (χ3v) is 1.46. The van der Waals surface area contributed by atoms with Crippen molar-refractivity contribution in [2.45, 2.75) is 13.8 Å². The summed E-state index contributed by atoms with van der Waals surface area (Å²) in [5, 5.41) is 24.6. The van der Waals surface area contributed by atoms with E-state index >= 15 is 0 Å². The standard InChI is InChI=1S/C6H7N3O3/c1-4-3-6(9(11)12)5(2)7-8(4)10/h3H,1-2H3. The van der Waals surface area contributed by atoms with Gasteiger partial charge in [0.2, 0.25) is 5.69 Å². The Balaban J connectivity index is 3.33. The lowest BCUT2D eigenvalue weighted by Crippen LogP contribution is -2.35. The van der Waals surface area contributed by atoms with Crippen LogP contribution in [0.2, 0.25) is 0 Å². The van der Waals surface area contributed by atoms with Gasteiger partial charge in [-0.25, -0.2) is 0 Å².